The number of hydrogen-bond acceptors (Lipinski definition) is 6. The summed E-state index contributed by atoms with van der Waals surface area (Å²) in [5.74, 6) is 1.21. The highest BCUT2D eigenvalue weighted by atomic mass is 19.4. The molecule has 1 N–H and O–H groups in total. The number of piperidine rings is 1. The Morgan fingerprint density at radius 3 is 2.29 bits per heavy atom. The first-order chi connectivity index (χ1) is 18.1. The molecule has 2 aliphatic rings. The molecule has 2 aromatic carbocycles. The fourth-order valence-electron chi connectivity index (χ4n) is 5.24. The van der Waals surface area contributed by atoms with E-state index < -0.39 is 22.4 Å². The zero-order chi connectivity index (χ0) is 27.3. The first kappa shape index (κ1) is 27.7. The summed E-state index contributed by atoms with van der Waals surface area (Å²) in [6.07, 6.45) is -0.455. The number of alkyl halides is 3. The van der Waals surface area contributed by atoms with Crippen LogP contribution in [0.1, 0.15) is 55.6 Å². The van der Waals surface area contributed by atoms with Gasteiger partial charge in [0.15, 0.2) is 0 Å². The van der Waals surface area contributed by atoms with Crippen molar-refractivity contribution in [1.82, 2.24) is 4.90 Å². The number of benzene rings is 2. The number of nitro benzene ring substituents is 1. The lowest BCUT2D eigenvalue weighted by atomic mass is 9.89. The molecule has 1 saturated heterocycles. The standard InChI is InChI=1S/C27H32F3N3O5/c1-37-22-7-2-18(3-8-22)19-12-14-32(15-13-19)26(34)17-38-23-9-4-20(5-10-23)31-21-6-11-25(33(35)36)24(16-21)27(28,29)30/h2-3,6-8,11,16,19-20,23,31H,4-5,9-10,12-15,17H2,1H3/t20-,23-. The van der Waals surface area contributed by atoms with Gasteiger partial charge in [-0.05, 0) is 74.3 Å². The van der Waals surface area contributed by atoms with Crippen LogP contribution in [0.3, 0.4) is 0 Å². The van der Waals surface area contributed by atoms with Gasteiger partial charge in [-0.1, -0.05) is 12.1 Å². The lowest BCUT2D eigenvalue weighted by Crippen LogP contribution is -2.41. The molecular formula is C27H32F3N3O5. The van der Waals surface area contributed by atoms with Crippen LogP contribution in [0, 0.1) is 10.1 Å². The van der Waals surface area contributed by atoms with Crippen molar-refractivity contribution in [3.63, 3.8) is 0 Å². The summed E-state index contributed by atoms with van der Waals surface area (Å²) < 4.78 is 50.8. The molecule has 0 unspecified atom stereocenters. The van der Waals surface area contributed by atoms with Crippen molar-refractivity contribution in [2.45, 2.75) is 62.8 Å². The van der Waals surface area contributed by atoms with Crippen LogP contribution in [0.2, 0.25) is 0 Å². The highest BCUT2D eigenvalue weighted by Crippen LogP contribution is 2.38. The predicted octanol–water partition coefficient (Wildman–Crippen LogP) is 5.77. The SMILES string of the molecule is COc1ccc(C2CCN(C(=O)CO[C@H]3CC[C@H](Nc4ccc([N+](=O)[O-])c(C(F)(F)F)c4)CC3)CC2)cc1. The van der Waals surface area contributed by atoms with Crippen LogP contribution in [0.4, 0.5) is 24.5 Å². The van der Waals surface area contributed by atoms with Gasteiger partial charge < -0.3 is 19.7 Å². The van der Waals surface area contributed by atoms with E-state index in [1.54, 1.807) is 7.11 Å². The van der Waals surface area contributed by atoms with Crippen LogP contribution in [0.5, 0.6) is 5.75 Å². The molecule has 0 aromatic heterocycles. The van der Waals surface area contributed by atoms with Gasteiger partial charge in [0.25, 0.3) is 5.69 Å². The van der Waals surface area contributed by atoms with Crippen LogP contribution in [0.25, 0.3) is 0 Å². The fraction of sp³-hybridized carbons (Fsp3) is 0.519. The number of nitro groups is 1. The molecule has 2 aromatic rings. The van der Waals surface area contributed by atoms with Gasteiger partial charge in [-0.3, -0.25) is 14.9 Å². The van der Waals surface area contributed by atoms with Gasteiger partial charge in [0.05, 0.1) is 18.1 Å². The molecule has 0 atom stereocenters. The maximum Gasteiger partial charge on any atom is 0.423 e. The average Bonchev–Trinajstić information content (AvgIpc) is 2.92. The molecule has 1 aliphatic heterocycles. The van der Waals surface area contributed by atoms with E-state index in [0.29, 0.717) is 44.7 Å². The number of anilines is 1. The molecule has 1 amide bonds. The number of amides is 1. The number of likely N-dealkylation sites (tertiary alicyclic amines) is 1. The number of methoxy groups -OCH3 is 1. The number of halogens is 3. The first-order valence-electron chi connectivity index (χ1n) is 12.8. The second-order valence-electron chi connectivity index (χ2n) is 9.84. The molecule has 0 spiro atoms. The molecule has 4 rings (SSSR count). The van der Waals surface area contributed by atoms with Crippen LogP contribution < -0.4 is 10.1 Å². The van der Waals surface area contributed by atoms with E-state index >= 15 is 0 Å². The van der Waals surface area contributed by atoms with Gasteiger partial charge in [0.2, 0.25) is 5.91 Å². The molecule has 0 radical (unpaired) electrons. The quantitative estimate of drug-likeness (QED) is 0.341. The largest absolute Gasteiger partial charge is 0.497 e. The third-order valence-corrected chi connectivity index (χ3v) is 7.42. The molecule has 38 heavy (non-hydrogen) atoms. The van der Waals surface area contributed by atoms with Crippen LogP contribution in [-0.2, 0) is 15.7 Å². The summed E-state index contributed by atoms with van der Waals surface area (Å²) in [4.78, 5) is 24.5. The van der Waals surface area contributed by atoms with Crippen LogP contribution in [-0.4, -0.2) is 54.7 Å². The Bertz CT molecular complexity index is 1110. The Kier molecular flexibility index (Phi) is 8.76. The van der Waals surface area contributed by atoms with Crippen molar-refractivity contribution in [3.8, 4) is 5.75 Å². The Morgan fingerprint density at radius 1 is 1.05 bits per heavy atom. The number of nitrogens with one attached hydrogen (secondary N) is 1. The van der Waals surface area contributed by atoms with Crippen LogP contribution in [0.15, 0.2) is 42.5 Å². The van der Waals surface area contributed by atoms with E-state index in [0.717, 1.165) is 30.7 Å². The molecule has 206 valence electrons. The Balaban J connectivity index is 1.19. The molecule has 11 heteroatoms. The molecule has 8 nitrogen and oxygen atoms in total. The molecule has 2 fully saturated rings. The Labute approximate surface area is 219 Å². The molecule has 0 bridgehead atoms. The Morgan fingerprint density at radius 2 is 1.71 bits per heavy atom. The summed E-state index contributed by atoms with van der Waals surface area (Å²) in [6.45, 7) is 1.39. The third kappa shape index (κ3) is 6.94. The summed E-state index contributed by atoms with van der Waals surface area (Å²) in [5.41, 5.74) is -0.783. The number of ether oxygens (including phenoxy) is 2. The van der Waals surface area contributed by atoms with E-state index in [2.05, 4.69) is 17.4 Å². The first-order valence-corrected chi connectivity index (χ1v) is 12.8. The Hall–Kier alpha value is -3.34. The van der Waals surface area contributed by atoms with Gasteiger partial charge in [-0.2, -0.15) is 13.2 Å². The minimum Gasteiger partial charge on any atom is -0.497 e. The zero-order valence-corrected chi connectivity index (χ0v) is 21.2. The fourth-order valence-corrected chi connectivity index (χ4v) is 5.24. The second-order valence-corrected chi connectivity index (χ2v) is 9.84. The third-order valence-electron chi connectivity index (χ3n) is 7.42. The normalized spacial score (nSPS) is 20.7. The number of rotatable bonds is 8. The summed E-state index contributed by atoms with van der Waals surface area (Å²) in [5, 5.41) is 14.0. The van der Waals surface area contributed by atoms with Crippen molar-refractivity contribution in [3.05, 3.63) is 63.7 Å². The summed E-state index contributed by atoms with van der Waals surface area (Å²) >= 11 is 0. The maximum atomic E-state index is 13.2. The van der Waals surface area contributed by atoms with Gasteiger partial charge >= 0.3 is 6.18 Å². The monoisotopic (exact) mass is 535 g/mol. The molecule has 1 heterocycles. The number of carbonyl (C=O) groups excluding carboxylic acids is 1. The van der Waals surface area contributed by atoms with E-state index in [4.69, 9.17) is 9.47 Å². The smallest absolute Gasteiger partial charge is 0.423 e. The van der Waals surface area contributed by atoms with Crippen molar-refractivity contribution >= 4 is 17.3 Å². The minimum absolute atomic E-state index is 0.0211. The van der Waals surface area contributed by atoms with E-state index in [-0.39, 0.29) is 30.3 Å². The van der Waals surface area contributed by atoms with Gasteiger partial charge in [-0.15, -0.1) is 0 Å². The molecular weight excluding hydrogens is 503 g/mol. The molecule has 1 aliphatic carbocycles. The second kappa shape index (κ2) is 12.0. The van der Waals surface area contributed by atoms with Crippen molar-refractivity contribution < 1.29 is 32.4 Å². The van der Waals surface area contributed by atoms with E-state index in [1.807, 2.05) is 17.0 Å². The van der Waals surface area contributed by atoms with Crippen molar-refractivity contribution in [2.24, 2.45) is 0 Å². The van der Waals surface area contributed by atoms with E-state index in [1.165, 1.54) is 11.6 Å². The lowest BCUT2D eigenvalue weighted by Gasteiger charge is -2.33. The number of hydrogen-bond donors (Lipinski definition) is 1. The zero-order valence-electron chi connectivity index (χ0n) is 21.2. The number of carbonyl (C=O) groups is 1. The summed E-state index contributed by atoms with van der Waals surface area (Å²) in [7, 11) is 1.64. The van der Waals surface area contributed by atoms with Crippen LogP contribution >= 0.6 is 0 Å². The highest BCUT2D eigenvalue weighted by molar-refractivity contribution is 5.77. The highest BCUT2D eigenvalue weighted by Gasteiger charge is 2.38. The lowest BCUT2D eigenvalue weighted by molar-refractivity contribution is -0.388. The van der Waals surface area contributed by atoms with Crippen molar-refractivity contribution in [2.75, 3.05) is 32.1 Å². The van der Waals surface area contributed by atoms with E-state index in [9.17, 15) is 28.1 Å². The van der Waals surface area contributed by atoms with Gasteiger partial charge in [0.1, 0.15) is 17.9 Å². The van der Waals surface area contributed by atoms with Gasteiger partial charge in [-0.25, -0.2) is 0 Å². The van der Waals surface area contributed by atoms with Gasteiger partial charge in [0, 0.05) is 30.9 Å². The van der Waals surface area contributed by atoms with Crippen molar-refractivity contribution in [1.29, 1.82) is 0 Å². The minimum atomic E-state index is -4.82. The number of nitrogens with zero attached hydrogens (tertiary/aromatic N) is 2. The topological polar surface area (TPSA) is 93.9 Å². The molecule has 1 saturated carbocycles. The predicted molar refractivity (Wildman–Crippen MR) is 135 cm³/mol. The average molecular weight is 536 g/mol. The maximum absolute atomic E-state index is 13.2. The summed E-state index contributed by atoms with van der Waals surface area (Å²) in [6, 6.07) is 10.9.